The number of ether oxygens (including phenoxy) is 1. The van der Waals surface area contributed by atoms with Crippen LogP contribution in [0.1, 0.15) is 32.8 Å². The molecule has 0 saturated carbocycles. The zero-order chi connectivity index (χ0) is 21.7. The van der Waals surface area contributed by atoms with E-state index >= 15 is 0 Å². The summed E-state index contributed by atoms with van der Waals surface area (Å²) in [6, 6.07) is 11.2. The first-order chi connectivity index (χ1) is 14.4. The first-order valence-electron chi connectivity index (χ1n) is 9.97. The van der Waals surface area contributed by atoms with Gasteiger partial charge in [0.2, 0.25) is 11.9 Å². The summed E-state index contributed by atoms with van der Waals surface area (Å²) in [7, 11) is 0. The number of amides is 1. The summed E-state index contributed by atoms with van der Waals surface area (Å²) in [4.78, 5) is 34.7. The Kier molecular flexibility index (Phi) is 6.31. The van der Waals surface area contributed by atoms with Crippen LogP contribution in [-0.2, 0) is 20.7 Å². The predicted molar refractivity (Wildman–Crippen MR) is 112 cm³/mol. The number of esters is 1. The van der Waals surface area contributed by atoms with Gasteiger partial charge in [0.25, 0.3) is 0 Å². The number of nitriles is 1. The fourth-order valence-electron chi connectivity index (χ4n) is 3.50. The van der Waals surface area contributed by atoms with Crippen molar-refractivity contribution in [2.45, 2.75) is 33.6 Å². The summed E-state index contributed by atoms with van der Waals surface area (Å²) < 4.78 is 4.95. The molecule has 8 nitrogen and oxygen atoms in total. The fraction of sp³-hybridized carbons (Fsp3) is 0.409. The second-order valence-corrected chi connectivity index (χ2v) is 7.49. The molecule has 2 heterocycles. The molecule has 0 bridgehead atoms. The van der Waals surface area contributed by atoms with Gasteiger partial charge >= 0.3 is 5.97 Å². The molecule has 0 spiro atoms. The quantitative estimate of drug-likeness (QED) is 0.702. The normalized spacial score (nSPS) is 18.4. The van der Waals surface area contributed by atoms with Gasteiger partial charge in [-0.2, -0.15) is 10.2 Å². The number of benzene rings is 1. The van der Waals surface area contributed by atoms with E-state index in [1.165, 1.54) is 0 Å². The number of carbonyl (C=O) groups is 2. The van der Waals surface area contributed by atoms with Crippen LogP contribution in [0.25, 0.3) is 0 Å². The Bertz CT molecular complexity index is 967. The summed E-state index contributed by atoms with van der Waals surface area (Å²) in [6.07, 6.45) is 2.27. The first-order valence-corrected chi connectivity index (χ1v) is 9.97. The lowest BCUT2D eigenvalue weighted by molar-refractivity contribution is -0.142. The van der Waals surface area contributed by atoms with Crippen LogP contribution in [0.5, 0.6) is 0 Å². The van der Waals surface area contributed by atoms with E-state index in [2.05, 4.69) is 21.4 Å². The zero-order valence-electron chi connectivity index (χ0n) is 17.4. The lowest BCUT2D eigenvalue weighted by Crippen LogP contribution is -2.37. The highest BCUT2D eigenvalue weighted by atomic mass is 16.5. The monoisotopic (exact) mass is 407 g/mol. The van der Waals surface area contributed by atoms with Crippen molar-refractivity contribution in [1.82, 2.24) is 9.97 Å². The third kappa shape index (κ3) is 4.25. The highest BCUT2D eigenvalue weighted by Crippen LogP contribution is 2.40. The SMILES string of the molecule is CCOC(=O)Cc1ccc(Nc2nccc(N3CC[C@@](C#N)(C(C)C)C3=O)n2)cc1. The van der Waals surface area contributed by atoms with Crippen molar-refractivity contribution in [2.75, 3.05) is 23.4 Å². The fourth-order valence-corrected chi connectivity index (χ4v) is 3.50. The number of anilines is 3. The van der Waals surface area contributed by atoms with E-state index < -0.39 is 5.41 Å². The van der Waals surface area contributed by atoms with E-state index in [1.807, 2.05) is 38.1 Å². The van der Waals surface area contributed by atoms with Gasteiger partial charge in [0, 0.05) is 18.4 Å². The second-order valence-electron chi connectivity index (χ2n) is 7.49. The van der Waals surface area contributed by atoms with Crippen molar-refractivity contribution in [2.24, 2.45) is 11.3 Å². The lowest BCUT2D eigenvalue weighted by Gasteiger charge is -2.24. The maximum absolute atomic E-state index is 12.9. The Balaban J connectivity index is 1.72. The lowest BCUT2D eigenvalue weighted by atomic mass is 9.77. The maximum Gasteiger partial charge on any atom is 0.310 e. The maximum atomic E-state index is 12.9. The predicted octanol–water partition coefficient (Wildman–Crippen LogP) is 3.23. The molecule has 1 aliphatic rings. The number of nitrogens with zero attached hydrogens (tertiary/aromatic N) is 4. The Hall–Kier alpha value is -3.47. The van der Waals surface area contributed by atoms with Gasteiger partial charge in [-0.1, -0.05) is 26.0 Å². The molecule has 0 radical (unpaired) electrons. The number of aromatic nitrogens is 2. The van der Waals surface area contributed by atoms with Crippen LogP contribution in [-0.4, -0.2) is 35.0 Å². The van der Waals surface area contributed by atoms with E-state index in [-0.39, 0.29) is 24.2 Å². The van der Waals surface area contributed by atoms with E-state index in [1.54, 1.807) is 24.1 Å². The topological polar surface area (TPSA) is 108 Å². The van der Waals surface area contributed by atoms with E-state index in [0.29, 0.717) is 31.3 Å². The number of hydrogen-bond donors (Lipinski definition) is 1. The molecule has 1 aromatic carbocycles. The number of nitrogens with one attached hydrogen (secondary N) is 1. The van der Waals surface area contributed by atoms with E-state index in [0.717, 1.165) is 11.3 Å². The average Bonchev–Trinajstić information content (AvgIpc) is 3.07. The number of rotatable bonds is 7. The summed E-state index contributed by atoms with van der Waals surface area (Å²) >= 11 is 0. The van der Waals surface area contributed by atoms with Crippen LogP contribution in [0.15, 0.2) is 36.5 Å². The molecule has 30 heavy (non-hydrogen) atoms. The van der Waals surface area contributed by atoms with Crippen molar-refractivity contribution < 1.29 is 14.3 Å². The third-order valence-corrected chi connectivity index (χ3v) is 5.32. The Labute approximate surface area is 175 Å². The van der Waals surface area contributed by atoms with Crippen LogP contribution in [0.3, 0.4) is 0 Å². The van der Waals surface area contributed by atoms with Gasteiger partial charge in [-0.05, 0) is 43.0 Å². The zero-order valence-corrected chi connectivity index (χ0v) is 17.4. The molecule has 0 aliphatic carbocycles. The van der Waals surface area contributed by atoms with Crippen molar-refractivity contribution in [3.8, 4) is 6.07 Å². The van der Waals surface area contributed by atoms with Crippen LogP contribution < -0.4 is 10.2 Å². The number of hydrogen-bond acceptors (Lipinski definition) is 7. The molecule has 1 N–H and O–H groups in total. The molecule has 8 heteroatoms. The molecule has 3 rings (SSSR count). The van der Waals surface area contributed by atoms with Crippen LogP contribution in [0.4, 0.5) is 17.5 Å². The molecule has 1 fully saturated rings. The highest BCUT2D eigenvalue weighted by Gasteiger charge is 2.50. The van der Waals surface area contributed by atoms with Crippen molar-refractivity contribution in [3.05, 3.63) is 42.1 Å². The first kappa shape index (κ1) is 21.2. The van der Waals surface area contributed by atoms with Crippen molar-refractivity contribution >= 4 is 29.3 Å². The van der Waals surface area contributed by atoms with Crippen LogP contribution in [0, 0.1) is 22.7 Å². The largest absolute Gasteiger partial charge is 0.466 e. The van der Waals surface area contributed by atoms with Gasteiger partial charge in [-0.25, -0.2) is 4.98 Å². The summed E-state index contributed by atoms with van der Waals surface area (Å²) in [5.74, 6) is 0.256. The molecule has 156 valence electrons. The molecular formula is C22H25N5O3. The van der Waals surface area contributed by atoms with Gasteiger partial charge < -0.3 is 10.1 Å². The van der Waals surface area contributed by atoms with Crippen LogP contribution in [0.2, 0.25) is 0 Å². The molecule has 1 amide bonds. The minimum absolute atomic E-state index is 0.0763. The third-order valence-electron chi connectivity index (χ3n) is 5.32. The standard InChI is InChI=1S/C22H25N5O3/c1-4-30-19(28)13-16-5-7-17(8-6-16)25-21-24-11-9-18(26-21)27-12-10-22(14-23,15(2)3)20(27)29/h5-9,11,15H,4,10,12-13H2,1-3H3,(H,24,25,26)/t22-/m1/s1. The van der Waals surface area contributed by atoms with Gasteiger partial charge in [0.05, 0.1) is 19.1 Å². The van der Waals surface area contributed by atoms with E-state index in [9.17, 15) is 14.9 Å². The minimum Gasteiger partial charge on any atom is -0.466 e. The second kappa shape index (κ2) is 8.91. The molecule has 1 aliphatic heterocycles. The van der Waals surface area contributed by atoms with Crippen molar-refractivity contribution in [1.29, 1.82) is 5.26 Å². The average molecular weight is 407 g/mol. The van der Waals surface area contributed by atoms with Gasteiger partial charge in [-0.15, -0.1) is 0 Å². The summed E-state index contributed by atoms with van der Waals surface area (Å²) in [5, 5.41) is 12.7. The van der Waals surface area contributed by atoms with Gasteiger partial charge in [0.1, 0.15) is 11.2 Å². The Morgan fingerprint density at radius 2 is 2.07 bits per heavy atom. The molecule has 1 atom stereocenters. The molecule has 1 aromatic heterocycles. The molecule has 2 aromatic rings. The van der Waals surface area contributed by atoms with Crippen LogP contribution >= 0.6 is 0 Å². The minimum atomic E-state index is -1.01. The molecular weight excluding hydrogens is 382 g/mol. The van der Waals surface area contributed by atoms with E-state index in [4.69, 9.17) is 4.74 Å². The Morgan fingerprint density at radius 1 is 1.33 bits per heavy atom. The van der Waals surface area contributed by atoms with Crippen molar-refractivity contribution in [3.63, 3.8) is 0 Å². The molecule has 0 unspecified atom stereocenters. The molecule has 1 saturated heterocycles. The van der Waals surface area contributed by atoms with Gasteiger partial charge in [0.15, 0.2) is 0 Å². The highest BCUT2D eigenvalue weighted by molar-refractivity contribution is 6.01. The Morgan fingerprint density at radius 3 is 2.67 bits per heavy atom. The van der Waals surface area contributed by atoms with Gasteiger partial charge in [-0.3, -0.25) is 14.5 Å². The summed E-state index contributed by atoms with van der Waals surface area (Å²) in [6.45, 7) is 6.37. The smallest absolute Gasteiger partial charge is 0.310 e. The number of carbonyl (C=O) groups excluding carboxylic acids is 2. The summed E-state index contributed by atoms with van der Waals surface area (Å²) in [5.41, 5.74) is 0.590.